The van der Waals surface area contributed by atoms with E-state index < -0.39 is 0 Å². The topological polar surface area (TPSA) is 51.1 Å². The van der Waals surface area contributed by atoms with Gasteiger partial charge in [0.2, 0.25) is 0 Å². The van der Waals surface area contributed by atoms with Crippen LogP contribution >= 0.6 is 0 Å². The van der Waals surface area contributed by atoms with Crippen molar-refractivity contribution in [3.8, 4) is 6.01 Å². The Hall–Kier alpha value is -2.27. The van der Waals surface area contributed by atoms with Crippen LogP contribution in [0.2, 0.25) is 0 Å². The van der Waals surface area contributed by atoms with Crippen LogP contribution in [-0.4, -0.2) is 39.5 Å². The van der Waals surface area contributed by atoms with Gasteiger partial charge in [-0.2, -0.15) is 0 Å². The highest BCUT2D eigenvalue weighted by molar-refractivity contribution is 5.08. The summed E-state index contributed by atoms with van der Waals surface area (Å²) >= 11 is 0. The fraction of sp³-hybridized carbons (Fsp3) is 0.421. The number of hydrogen-bond acceptors (Lipinski definition) is 5. The van der Waals surface area contributed by atoms with Gasteiger partial charge in [-0.1, -0.05) is 19.1 Å². The van der Waals surface area contributed by atoms with Gasteiger partial charge in [0.15, 0.2) is 0 Å². The van der Waals surface area contributed by atoms with Gasteiger partial charge in [-0.25, -0.2) is 9.97 Å². The molecule has 24 heavy (non-hydrogen) atoms. The van der Waals surface area contributed by atoms with Crippen molar-refractivity contribution in [1.29, 1.82) is 0 Å². The summed E-state index contributed by atoms with van der Waals surface area (Å²) in [5.74, 6) is 0. The third-order valence-electron chi connectivity index (χ3n) is 3.75. The lowest BCUT2D eigenvalue weighted by atomic mass is 10.1. The first kappa shape index (κ1) is 18.1. The van der Waals surface area contributed by atoms with E-state index in [1.165, 1.54) is 5.56 Å². The van der Waals surface area contributed by atoms with E-state index in [0.29, 0.717) is 6.01 Å². The Kier molecular flexibility index (Phi) is 7.36. The second-order valence-electron chi connectivity index (χ2n) is 5.89. The van der Waals surface area contributed by atoms with Gasteiger partial charge >= 0.3 is 6.01 Å². The van der Waals surface area contributed by atoms with Gasteiger partial charge in [0.1, 0.15) is 6.10 Å². The van der Waals surface area contributed by atoms with Gasteiger partial charge in [-0.15, -0.1) is 6.58 Å². The minimum Gasteiger partial charge on any atom is -0.459 e. The normalized spacial score (nSPS) is 12.1. The number of ether oxygens (including phenoxy) is 1. The molecule has 0 spiro atoms. The standard InChI is InChI=1S/C19H26N4O/c1-4-6-9-18(24-19-21-12-16(5-2)13-22-19)15-23(3)14-17-8-7-10-20-11-17/h4,7-8,10-13,18H,1,5-6,9,14-15H2,2-3H3. The Morgan fingerprint density at radius 3 is 2.67 bits per heavy atom. The second-order valence-corrected chi connectivity index (χ2v) is 5.89. The maximum atomic E-state index is 6.00. The number of hydrogen-bond donors (Lipinski definition) is 0. The molecule has 0 bridgehead atoms. The highest BCUT2D eigenvalue weighted by Crippen LogP contribution is 2.12. The van der Waals surface area contributed by atoms with Gasteiger partial charge < -0.3 is 4.74 Å². The molecule has 0 aromatic carbocycles. The number of nitrogens with zero attached hydrogens (tertiary/aromatic N) is 4. The first-order valence-electron chi connectivity index (χ1n) is 8.37. The molecule has 128 valence electrons. The number of pyridine rings is 1. The SMILES string of the molecule is C=CCCC(CN(C)Cc1cccnc1)Oc1ncc(CC)cn1. The summed E-state index contributed by atoms with van der Waals surface area (Å²) < 4.78 is 6.00. The molecule has 0 fully saturated rings. The monoisotopic (exact) mass is 326 g/mol. The molecule has 1 atom stereocenters. The molecule has 1 unspecified atom stereocenters. The molecule has 2 heterocycles. The van der Waals surface area contributed by atoms with Crippen molar-refractivity contribution in [3.05, 3.63) is 60.7 Å². The molecule has 2 aromatic rings. The Morgan fingerprint density at radius 2 is 2.04 bits per heavy atom. The van der Waals surface area contributed by atoms with Crippen LogP contribution in [0.15, 0.2) is 49.6 Å². The largest absolute Gasteiger partial charge is 0.459 e. The summed E-state index contributed by atoms with van der Waals surface area (Å²) in [5, 5.41) is 0. The van der Waals surface area contributed by atoms with E-state index in [1.54, 1.807) is 6.20 Å². The Morgan fingerprint density at radius 1 is 1.25 bits per heavy atom. The van der Waals surface area contributed by atoms with E-state index in [9.17, 15) is 0 Å². The third kappa shape index (κ3) is 6.08. The number of allylic oxidation sites excluding steroid dienone is 1. The summed E-state index contributed by atoms with van der Waals surface area (Å²) in [6, 6.07) is 4.48. The van der Waals surface area contributed by atoms with Gasteiger partial charge in [-0.3, -0.25) is 9.88 Å². The van der Waals surface area contributed by atoms with Gasteiger partial charge in [0.05, 0.1) is 0 Å². The van der Waals surface area contributed by atoms with Gasteiger partial charge in [0, 0.05) is 37.9 Å². The summed E-state index contributed by atoms with van der Waals surface area (Å²) in [5.41, 5.74) is 2.30. The van der Waals surface area contributed by atoms with E-state index >= 15 is 0 Å². The number of aromatic nitrogens is 3. The maximum Gasteiger partial charge on any atom is 0.316 e. The molecular formula is C19H26N4O. The molecule has 0 radical (unpaired) electrons. The van der Waals surface area contributed by atoms with Crippen molar-refractivity contribution < 1.29 is 4.74 Å². The molecule has 0 saturated heterocycles. The quantitative estimate of drug-likeness (QED) is 0.627. The van der Waals surface area contributed by atoms with Crippen LogP contribution in [0.1, 0.15) is 30.9 Å². The van der Waals surface area contributed by atoms with Crippen LogP contribution < -0.4 is 4.74 Å². The third-order valence-corrected chi connectivity index (χ3v) is 3.75. The lowest BCUT2D eigenvalue weighted by Crippen LogP contribution is -2.33. The summed E-state index contributed by atoms with van der Waals surface area (Å²) in [6.07, 6.45) is 12.0. The molecule has 2 rings (SSSR count). The highest BCUT2D eigenvalue weighted by Gasteiger charge is 2.15. The number of rotatable bonds is 10. The zero-order valence-corrected chi connectivity index (χ0v) is 14.6. The Bertz CT molecular complexity index is 601. The zero-order valence-electron chi connectivity index (χ0n) is 14.6. The molecule has 0 aliphatic heterocycles. The lowest BCUT2D eigenvalue weighted by molar-refractivity contribution is 0.126. The molecule has 0 aliphatic carbocycles. The maximum absolute atomic E-state index is 6.00. The van der Waals surface area contributed by atoms with Crippen molar-refractivity contribution in [2.75, 3.05) is 13.6 Å². The molecule has 0 aliphatic rings. The van der Waals surface area contributed by atoms with E-state index in [2.05, 4.69) is 46.5 Å². The first-order valence-corrected chi connectivity index (χ1v) is 8.37. The van der Waals surface area contributed by atoms with Crippen molar-refractivity contribution in [1.82, 2.24) is 19.9 Å². The van der Waals surface area contributed by atoms with Crippen molar-refractivity contribution in [2.24, 2.45) is 0 Å². The molecule has 0 saturated carbocycles. The predicted octanol–water partition coefficient (Wildman–Crippen LogP) is 3.28. The Balaban J connectivity index is 1.94. The highest BCUT2D eigenvalue weighted by atomic mass is 16.5. The molecule has 5 nitrogen and oxygen atoms in total. The average molecular weight is 326 g/mol. The van der Waals surface area contributed by atoms with E-state index in [0.717, 1.165) is 37.9 Å². The Labute approximate surface area is 144 Å². The van der Waals surface area contributed by atoms with E-state index in [4.69, 9.17) is 4.74 Å². The van der Waals surface area contributed by atoms with Crippen LogP contribution in [0, 0.1) is 0 Å². The molecule has 2 aromatic heterocycles. The minimum atomic E-state index is 0.0251. The number of aryl methyl sites for hydroxylation is 1. The van der Waals surface area contributed by atoms with Gasteiger partial charge in [-0.05, 0) is 43.5 Å². The van der Waals surface area contributed by atoms with Crippen molar-refractivity contribution in [2.45, 2.75) is 38.8 Å². The fourth-order valence-electron chi connectivity index (χ4n) is 2.44. The van der Waals surface area contributed by atoms with Crippen LogP contribution in [0.3, 0.4) is 0 Å². The average Bonchev–Trinajstić information content (AvgIpc) is 2.61. The summed E-state index contributed by atoms with van der Waals surface area (Å²) in [6.45, 7) is 7.51. The minimum absolute atomic E-state index is 0.0251. The van der Waals surface area contributed by atoms with Crippen LogP contribution in [0.25, 0.3) is 0 Å². The number of likely N-dealkylation sites (N-methyl/N-ethyl adjacent to an activating group) is 1. The molecular weight excluding hydrogens is 300 g/mol. The predicted molar refractivity (Wildman–Crippen MR) is 95.8 cm³/mol. The lowest BCUT2D eigenvalue weighted by Gasteiger charge is -2.24. The molecule has 0 N–H and O–H groups in total. The smallest absolute Gasteiger partial charge is 0.316 e. The van der Waals surface area contributed by atoms with Crippen molar-refractivity contribution in [3.63, 3.8) is 0 Å². The van der Waals surface area contributed by atoms with Crippen LogP contribution in [0.4, 0.5) is 0 Å². The zero-order chi connectivity index (χ0) is 17.2. The second kappa shape index (κ2) is 9.78. The summed E-state index contributed by atoms with van der Waals surface area (Å²) in [7, 11) is 2.08. The summed E-state index contributed by atoms with van der Waals surface area (Å²) in [4.78, 5) is 15.0. The van der Waals surface area contributed by atoms with Crippen LogP contribution in [0.5, 0.6) is 6.01 Å². The van der Waals surface area contributed by atoms with E-state index in [-0.39, 0.29) is 6.10 Å². The van der Waals surface area contributed by atoms with Gasteiger partial charge in [0.25, 0.3) is 0 Å². The van der Waals surface area contributed by atoms with Crippen molar-refractivity contribution >= 4 is 0 Å². The first-order chi connectivity index (χ1) is 11.7. The van der Waals surface area contributed by atoms with Crippen LogP contribution in [-0.2, 0) is 13.0 Å². The molecule has 5 heteroatoms. The van der Waals surface area contributed by atoms with E-state index in [1.807, 2.05) is 30.7 Å². The fourth-order valence-corrected chi connectivity index (χ4v) is 2.44. The molecule has 0 amide bonds.